The van der Waals surface area contributed by atoms with Crippen molar-refractivity contribution in [2.45, 2.75) is 25.9 Å². The summed E-state index contributed by atoms with van der Waals surface area (Å²) in [5.74, 6) is 0.699. The molecule has 0 atom stereocenters. The van der Waals surface area contributed by atoms with Crippen LogP contribution in [0.1, 0.15) is 18.4 Å². The van der Waals surface area contributed by atoms with Gasteiger partial charge in [0, 0.05) is 5.69 Å². The number of hydrogen-bond donors (Lipinski definition) is 2. The molecular weight excluding hydrogens is 350 g/mol. The molecule has 0 unspecified atom stereocenters. The van der Waals surface area contributed by atoms with Crippen LogP contribution in [0, 0.1) is 5.92 Å². The van der Waals surface area contributed by atoms with E-state index in [2.05, 4.69) is 34.3 Å². The largest absolute Gasteiger partial charge is 0.435 e. The summed E-state index contributed by atoms with van der Waals surface area (Å²) in [5.41, 5.74) is 1.96. The van der Waals surface area contributed by atoms with Crippen LogP contribution in [0.5, 0.6) is 5.75 Å². The zero-order chi connectivity index (χ0) is 19.1. The number of likely N-dealkylation sites (tertiary alicyclic amines) is 1. The van der Waals surface area contributed by atoms with E-state index in [0.717, 1.165) is 32.4 Å². The van der Waals surface area contributed by atoms with Crippen LogP contribution in [0.15, 0.2) is 54.6 Å². The minimum Gasteiger partial charge on any atom is -0.435 e. The first kappa shape index (κ1) is 19.3. The predicted octanol–water partition coefficient (Wildman–Crippen LogP) is 2.76. The van der Waals surface area contributed by atoms with Crippen LogP contribution >= 0.6 is 0 Å². The zero-order valence-corrected chi connectivity index (χ0v) is 15.2. The van der Waals surface area contributed by atoms with Crippen molar-refractivity contribution in [2.75, 3.05) is 25.0 Å². The van der Waals surface area contributed by atoms with Gasteiger partial charge in [0.15, 0.2) is 6.54 Å². The lowest BCUT2D eigenvalue weighted by Crippen LogP contribution is -3.14. The molecule has 4 nitrogen and oxygen atoms in total. The number of amides is 1. The van der Waals surface area contributed by atoms with Crippen LogP contribution in [-0.2, 0) is 11.2 Å². The molecule has 0 radical (unpaired) electrons. The van der Waals surface area contributed by atoms with E-state index in [1.54, 1.807) is 12.1 Å². The highest BCUT2D eigenvalue weighted by Gasteiger charge is 2.24. The molecule has 1 aliphatic heterocycles. The normalized spacial score (nSPS) is 19.7. The van der Waals surface area contributed by atoms with E-state index in [4.69, 9.17) is 0 Å². The van der Waals surface area contributed by atoms with E-state index in [9.17, 15) is 13.6 Å². The van der Waals surface area contributed by atoms with Crippen molar-refractivity contribution in [3.05, 3.63) is 60.2 Å². The van der Waals surface area contributed by atoms with Crippen molar-refractivity contribution in [2.24, 2.45) is 5.92 Å². The molecule has 0 bridgehead atoms. The second-order valence-electron chi connectivity index (χ2n) is 7.01. The molecule has 1 amide bonds. The van der Waals surface area contributed by atoms with Gasteiger partial charge in [0.05, 0.1) is 13.1 Å². The molecule has 2 aromatic carbocycles. The van der Waals surface area contributed by atoms with E-state index >= 15 is 0 Å². The van der Waals surface area contributed by atoms with Gasteiger partial charge in [0.2, 0.25) is 0 Å². The molecule has 1 saturated heterocycles. The highest BCUT2D eigenvalue weighted by atomic mass is 19.3. The number of nitrogens with one attached hydrogen (secondary N) is 2. The standard InChI is InChI=1S/C21H24F2N2O2/c22-21(23)27-19-8-6-18(7-9-19)24-20(26)15-25-12-10-17(11-13-25)14-16-4-2-1-3-5-16/h1-9,17,21H,10-15H2,(H,24,26)/p+1. The van der Waals surface area contributed by atoms with Crippen molar-refractivity contribution >= 4 is 11.6 Å². The molecule has 0 aliphatic carbocycles. The Hall–Kier alpha value is -2.47. The number of carbonyl (C=O) groups is 1. The summed E-state index contributed by atoms with van der Waals surface area (Å²) >= 11 is 0. The number of quaternary nitrogens is 1. The van der Waals surface area contributed by atoms with E-state index in [1.807, 2.05) is 6.07 Å². The maximum atomic E-state index is 12.2. The van der Waals surface area contributed by atoms with Gasteiger partial charge in [-0.15, -0.1) is 0 Å². The number of hydrogen-bond acceptors (Lipinski definition) is 2. The summed E-state index contributed by atoms with van der Waals surface area (Å²) in [7, 11) is 0. The zero-order valence-electron chi connectivity index (χ0n) is 15.2. The minimum absolute atomic E-state index is 0.0611. The molecule has 2 N–H and O–H groups in total. The number of halogens is 2. The van der Waals surface area contributed by atoms with Gasteiger partial charge in [-0.05, 0) is 55.0 Å². The number of ether oxygens (including phenoxy) is 1. The minimum atomic E-state index is -2.85. The molecule has 3 rings (SSSR count). The number of alkyl halides is 2. The first-order chi connectivity index (χ1) is 13.1. The number of rotatable bonds is 7. The smallest absolute Gasteiger partial charge is 0.387 e. The highest BCUT2D eigenvalue weighted by Crippen LogP contribution is 2.18. The van der Waals surface area contributed by atoms with E-state index in [-0.39, 0.29) is 11.7 Å². The Morgan fingerprint density at radius 3 is 2.37 bits per heavy atom. The lowest BCUT2D eigenvalue weighted by Gasteiger charge is -2.29. The number of anilines is 1. The van der Waals surface area contributed by atoms with Gasteiger partial charge >= 0.3 is 6.61 Å². The number of carbonyl (C=O) groups excluding carboxylic acids is 1. The average Bonchev–Trinajstić information content (AvgIpc) is 2.65. The molecule has 0 spiro atoms. The molecule has 1 fully saturated rings. The first-order valence-corrected chi connectivity index (χ1v) is 9.30. The van der Waals surface area contributed by atoms with Crippen molar-refractivity contribution in [1.82, 2.24) is 0 Å². The van der Waals surface area contributed by atoms with Crippen molar-refractivity contribution < 1.29 is 23.2 Å². The predicted molar refractivity (Wildman–Crippen MR) is 100 cm³/mol. The molecule has 27 heavy (non-hydrogen) atoms. The fourth-order valence-corrected chi connectivity index (χ4v) is 3.57. The fraction of sp³-hybridized carbons (Fsp3) is 0.381. The third-order valence-corrected chi connectivity index (χ3v) is 4.95. The van der Waals surface area contributed by atoms with Crippen LogP contribution in [0.25, 0.3) is 0 Å². The number of benzene rings is 2. The summed E-state index contributed by atoms with van der Waals surface area (Å²) in [5, 5.41) is 2.82. The van der Waals surface area contributed by atoms with Gasteiger partial charge in [0.25, 0.3) is 5.91 Å². The van der Waals surface area contributed by atoms with Crippen LogP contribution < -0.4 is 15.0 Å². The summed E-state index contributed by atoms with van der Waals surface area (Å²) in [6.45, 7) is -0.440. The molecule has 1 aliphatic rings. The van der Waals surface area contributed by atoms with E-state index in [1.165, 1.54) is 22.6 Å². The second kappa shape index (κ2) is 9.46. The quantitative estimate of drug-likeness (QED) is 0.782. The second-order valence-corrected chi connectivity index (χ2v) is 7.01. The summed E-state index contributed by atoms with van der Waals surface area (Å²) in [6, 6.07) is 16.5. The van der Waals surface area contributed by atoms with Crippen LogP contribution in [0.4, 0.5) is 14.5 Å². The molecular formula is C21H25F2N2O2+. The molecule has 2 aromatic rings. The lowest BCUT2D eigenvalue weighted by atomic mass is 9.90. The Bertz CT molecular complexity index is 715. The third-order valence-electron chi connectivity index (χ3n) is 4.95. The third kappa shape index (κ3) is 6.32. The Kier molecular flexibility index (Phi) is 6.76. The van der Waals surface area contributed by atoms with Gasteiger partial charge in [-0.1, -0.05) is 30.3 Å². The Labute approximate surface area is 158 Å². The molecule has 0 saturated carbocycles. The molecule has 0 aromatic heterocycles. The van der Waals surface area contributed by atoms with Crippen molar-refractivity contribution in [3.8, 4) is 5.75 Å². The Morgan fingerprint density at radius 1 is 1.07 bits per heavy atom. The van der Waals surface area contributed by atoms with Crippen molar-refractivity contribution in [3.63, 3.8) is 0 Å². The summed E-state index contributed by atoms with van der Waals surface area (Å²) in [6.07, 6.45) is 3.35. The van der Waals surface area contributed by atoms with Crippen LogP contribution in [0.2, 0.25) is 0 Å². The van der Waals surface area contributed by atoms with Gasteiger partial charge in [0.1, 0.15) is 5.75 Å². The van der Waals surface area contributed by atoms with Crippen LogP contribution in [0.3, 0.4) is 0 Å². The van der Waals surface area contributed by atoms with Gasteiger partial charge in [-0.2, -0.15) is 8.78 Å². The SMILES string of the molecule is O=C(C[NH+]1CCC(Cc2ccccc2)CC1)Nc1ccc(OC(F)F)cc1. The molecule has 1 heterocycles. The Morgan fingerprint density at radius 2 is 1.74 bits per heavy atom. The number of piperidine rings is 1. The first-order valence-electron chi connectivity index (χ1n) is 9.30. The van der Waals surface area contributed by atoms with Crippen LogP contribution in [-0.4, -0.2) is 32.2 Å². The fourth-order valence-electron chi connectivity index (χ4n) is 3.57. The summed E-state index contributed by atoms with van der Waals surface area (Å²) < 4.78 is 28.6. The summed E-state index contributed by atoms with van der Waals surface area (Å²) in [4.78, 5) is 13.5. The van der Waals surface area contributed by atoms with Gasteiger partial charge in [-0.25, -0.2) is 0 Å². The van der Waals surface area contributed by atoms with Crippen molar-refractivity contribution in [1.29, 1.82) is 0 Å². The Balaban J connectivity index is 1.40. The van der Waals surface area contributed by atoms with E-state index in [0.29, 0.717) is 18.2 Å². The highest BCUT2D eigenvalue weighted by molar-refractivity contribution is 5.91. The monoisotopic (exact) mass is 375 g/mol. The lowest BCUT2D eigenvalue weighted by molar-refractivity contribution is -0.898. The van der Waals surface area contributed by atoms with E-state index < -0.39 is 6.61 Å². The topological polar surface area (TPSA) is 42.8 Å². The maximum Gasteiger partial charge on any atom is 0.387 e. The maximum absolute atomic E-state index is 12.2. The average molecular weight is 375 g/mol. The molecule has 144 valence electrons. The molecule has 6 heteroatoms. The van der Waals surface area contributed by atoms with Gasteiger partial charge < -0.3 is 15.0 Å². The van der Waals surface area contributed by atoms with Gasteiger partial charge in [-0.3, -0.25) is 4.79 Å².